The molecule has 1 rings (SSSR count). The van der Waals surface area contributed by atoms with E-state index in [0.717, 1.165) is 0 Å². The lowest BCUT2D eigenvalue weighted by atomic mass is 10.4. The highest BCUT2D eigenvalue weighted by atomic mass is 16.6. The van der Waals surface area contributed by atoms with Crippen molar-refractivity contribution < 1.29 is 9.66 Å². The third-order valence-corrected chi connectivity index (χ3v) is 1.26. The minimum absolute atomic E-state index is 0.0208. The van der Waals surface area contributed by atoms with Gasteiger partial charge in [-0.2, -0.15) is 0 Å². The zero-order valence-corrected chi connectivity index (χ0v) is 6.12. The summed E-state index contributed by atoms with van der Waals surface area (Å²) >= 11 is 0. The van der Waals surface area contributed by atoms with Crippen molar-refractivity contribution >= 4 is 5.69 Å². The van der Waals surface area contributed by atoms with Crippen LogP contribution in [0.3, 0.4) is 0 Å². The molecular weight excluding hydrogens is 150 g/mol. The van der Waals surface area contributed by atoms with Gasteiger partial charge in [0.15, 0.2) is 0 Å². The summed E-state index contributed by atoms with van der Waals surface area (Å²) in [6, 6.07) is 0. The second-order valence-corrected chi connectivity index (χ2v) is 1.96. The maximum atomic E-state index is 10.3. The Balaban J connectivity index is 3.17. The van der Waals surface area contributed by atoms with Crippen LogP contribution in [0.1, 0.15) is 5.69 Å². The van der Waals surface area contributed by atoms with Gasteiger partial charge in [-0.15, -0.1) is 5.10 Å². The lowest BCUT2D eigenvalue weighted by molar-refractivity contribution is -0.386. The molecule has 1 aromatic rings. The summed E-state index contributed by atoms with van der Waals surface area (Å²) < 4.78 is 4.64. The number of hydrogen-bond acceptors (Lipinski definition) is 4. The second-order valence-electron chi connectivity index (χ2n) is 1.96. The smallest absolute Gasteiger partial charge is 0.352 e. The van der Waals surface area contributed by atoms with Crippen molar-refractivity contribution in [1.82, 2.24) is 10.2 Å². The number of nitrogens with one attached hydrogen (secondary N) is 1. The molecule has 1 N–H and O–H groups in total. The molecule has 1 heterocycles. The molecule has 0 atom stereocenters. The van der Waals surface area contributed by atoms with E-state index < -0.39 is 4.92 Å². The van der Waals surface area contributed by atoms with Crippen LogP contribution in [0.4, 0.5) is 5.69 Å². The van der Waals surface area contributed by atoms with Gasteiger partial charge in [0.05, 0.1) is 12.0 Å². The topological polar surface area (TPSA) is 81.0 Å². The normalized spacial score (nSPS) is 9.64. The van der Waals surface area contributed by atoms with E-state index in [0.29, 0.717) is 5.69 Å². The molecule has 60 valence electrons. The Kier molecular flexibility index (Phi) is 1.75. The Morgan fingerprint density at radius 2 is 2.36 bits per heavy atom. The molecule has 0 aliphatic carbocycles. The van der Waals surface area contributed by atoms with E-state index in [1.165, 1.54) is 7.11 Å². The number of nitro groups is 1. The van der Waals surface area contributed by atoms with Crippen LogP contribution in [0.5, 0.6) is 5.88 Å². The number of nitrogens with zero attached hydrogens (tertiary/aromatic N) is 2. The van der Waals surface area contributed by atoms with E-state index in [2.05, 4.69) is 14.9 Å². The van der Waals surface area contributed by atoms with E-state index in [1.807, 2.05) is 0 Å². The molecule has 0 aliphatic rings. The zero-order valence-electron chi connectivity index (χ0n) is 6.12. The summed E-state index contributed by atoms with van der Waals surface area (Å²) in [5.74, 6) is 0.0208. The first kappa shape index (κ1) is 7.52. The van der Waals surface area contributed by atoms with Crippen LogP contribution in [-0.2, 0) is 0 Å². The summed E-state index contributed by atoms with van der Waals surface area (Å²) in [4.78, 5) is 9.80. The van der Waals surface area contributed by atoms with Gasteiger partial charge in [0, 0.05) is 0 Å². The first-order valence-electron chi connectivity index (χ1n) is 2.90. The quantitative estimate of drug-likeness (QED) is 0.504. The van der Waals surface area contributed by atoms with Gasteiger partial charge < -0.3 is 4.74 Å². The van der Waals surface area contributed by atoms with Crippen molar-refractivity contribution in [1.29, 1.82) is 0 Å². The highest BCUT2D eigenvalue weighted by Gasteiger charge is 2.21. The van der Waals surface area contributed by atoms with Crippen LogP contribution >= 0.6 is 0 Å². The fraction of sp³-hybridized carbons (Fsp3) is 0.400. The van der Waals surface area contributed by atoms with Crippen LogP contribution in [0.15, 0.2) is 0 Å². The number of aryl methyl sites for hydroxylation is 1. The third kappa shape index (κ3) is 1.14. The van der Waals surface area contributed by atoms with E-state index >= 15 is 0 Å². The number of aromatic amines is 1. The Morgan fingerprint density at radius 3 is 2.73 bits per heavy atom. The molecule has 0 amide bonds. The lowest BCUT2D eigenvalue weighted by Gasteiger charge is -1.91. The van der Waals surface area contributed by atoms with Gasteiger partial charge >= 0.3 is 11.6 Å². The number of aromatic nitrogens is 2. The Bertz CT molecular complexity index is 281. The fourth-order valence-corrected chi connectivity index (χ4v) is 0.758. The van der Waals surface area contributed by atoms with Gasteiger partial charge in [-0.25, -0.2) is 0 Å². The molecule has 0 aliphatic heterocycles. The molecule has 0 bridgehead atoms. The van der Waals surface area contributed by atoms with Gasteiger partial charge in [0.25, 0.3) is 0 Å². The van der Waals surface area contributed by atoms with Crippen LogP contribution in [0, 0.1) is 17.0 Å². The molecule has 0 fully saturated rings. The van der Waals surface area contributed by atoms with E-state index in [4.69, 9.17) is 0 Å². The van der Waals surface area contributed by atoms with Crippen molar-refractivity contribution in [3.8, 4) is 5.88 Å². The molecule has 0 aromatic carbocycles. The average molecular weight is 157 g/mol. The van der Waals surface area contributed by atoms with Gasteiger partial charge in [0.2, 0.25) is 0 Å². The molecule has 6 nitrogen and oxygen atoms in total. The molecule has 0 saturated heterocycles. The number of rotatable bonds is 2. The summed E-state index contributed by atoms with van der Waals surface area (Å²) in [6.07, 6.45) is 0. The summed E-state index contributed by atoms with van der Waals surface area (Å²) in [7, 11) is 1.34. The van der Waals surface area contributed by atoms with Gasteiger partial charge in [-0.3, -0.25) is 15.2 Å². The molecule has 0 saturated carbocycles. The second kappa shape index (κ2) is 2.57. The minimum Gasteiger partial charge on any atom is -0.475 e. The standard InChI is InChI=1S/C5H7N3O3/c1-3-4(8(9)10)5(11-2)7-6-3/h1-2H3,(H,6,7). The van der Waals surface area contributed by atoms with Crippen molar-refractivity contribution in [3.05, 3.63) is 15.8 Å². The molecule has 1 aromatic heterocycles. The number of H-pyrrole nitrogens is 1. The number of methoxy groups -OCH3 is 1. The van der Waals surface area contributed by atoms with Crippen LogP contribution in [0.2, 0.25) is 0 Å². The van der Waals surface area contributed by atoms with Crippen LogP contribution in [-0.4, -0.2) is 22.2 Å². The average Bonchev–Trinajstić information content (AvgIpc) is 2.30. The van der Waals surface area contributed by atoms with Crippen molar-refractivity contribution in [2.24, 2.45) is 0 Å². The summed E-state index contributed by atoms with van der Waals surface area (Å²) in [6.45, 7) is 1.56. The predicted octanol–water partition coefficient (Wildman–Crippen LogP) is 0.635. The van der Waals surface area contributed by atoms with Crippen molar-refractivity contribution in [2.75, 3.05) is 7.11 Å². The van der Waals surface area contributed by atoms with E-state index in [-0.39, 0.29) is 11.6 Å². The SMILES string of the molecule is COc1n[nH]c(C)c1[N+](=O)[O-]. The molecule has 0 radical (unpaired) electrons. The summed E-state index contributed by atoms with van der Waals surface area (Å²) in [5, 5.41) is 16.3. The Hall–Kier alpha value is -1.59. The molecule has 0 spiro atoms. The first-order chi connectivity index (χ1) is 5.16. The molecular formula is C5H7N3O3. The lowest BCUT2D eigenvalue weighted by Crippen LogP contribution is -1.92. The van der Waals surface area contributed by atoms with Gasteiger partial charge in [0.1, 0.15) is 5.69 Å². The largest absolute Gasteiger partial charge is 0.475 e. The minimum atomic E-state index is -0.530. The predicted molar refractivity (Wildman–Crippen MR) is 36.5 cm³/mol. The number of hydrogen-bond donors (Lipinski definition) is 1. The maximum Gasteiger partial charge on any atom is 0.352 e. The van der Waals surface area contributed by atoms with Crippen molar-refractivity contribution in [2.45, 2.75) is 6.92 Å². The van der Waals surface area contributed by atoms with Gasteiger partial charge in [-0.1, -0.05) is 0 Å². The number of ether oxygens (including phenoxy) is 1. The zero-order chi connectivity index (χ0) is 8.43. The monoisotopic (exact) mass is 157 g/mol. The molecule has 6 heteroatoms. The van der Waals surface area contributed by atoms with Crippen LogP contribution < -0.4 is 4.74 Å². The molecule has 11 heavy (non-hydrogen) atoms. The summed E-state index contributed by atoms with van der Waals surface area (Å²) in [5.41, 5.74) is 0.291. The molecule has 0 unspecified atom stereocenters. The van der Waals surface area contributed by atoms with E-state index in [1.54, 1.807) is 6.92 Å². The highest BCUT2D eigenvalue weighted by Crippen LogP contribution is 2.26. The Labute approximate surface area is 62.3 Å². The van der Waals surface area contributed by atoms with Crippen molar-refractivity contribution in [3.63, 3.8) is 0 Å². The van der Waals surface area contributed by atoms with Gasteiger partial charge in [-0.05, 0) is 6.92 Å². The van der Waals surface area contributed by atoms with Crippen LogP contribution in [0.25, 0.3) is 0 Å². The van der Waals surface area contributed by atoms with E-state index in [9.17, 15) is 10.1 Å². The third-order valence-electron chi connectivity index (χ3n) is 1.26. The first-order valence-corrected chi connectivity index (χ1v) is 2.90. The highest BCUT2D eigenvalue weighted by molar-refractivity contribution is 5.44. The Morgan fingerprint density at radius 1 is 1.73 bits per heavy atom. The maximum absolute atomic E-state index is 10.3. The fourth-order valence-electron chi connectivity index (χ4n) is 0.758.